The SMILES string of the molecule is [C-]#[N+]c1cccc(CC(F)c2ccc(-c3c([N+]#[C-])c(CC)n(C)c3C(=O)OCC)cc2)c1. The second kappa shape index (κ2) is 9.94. The van der Waals surface area contributed by atoms with E-state index in [-0.39, 0.29) is 13.0 Å². The Morgan fingerprint density at radius 1 is 1.12 bits per heavy atom. The quantitative estimate of drug-likeness (QED) is 0.307. The van der Waals surface area contributed by atoms with E-state index < -0.39 is 12.1 Å². The van der Waals surface area contributed by atoms with E-state index in [2.05, 4.69) is 9.69 Å². The summed E-state index contributed by atoms with van der Waals surface area (Å²) in [7, 11) is 1.76. The number of alkyl halides is 1. The van der Waals surface area contributed by atoms with Gasteiger partial charge in [0.25, 0.3) is 0 Å². The summed E-state index contributed by atoms with van der Waals surface area (Å²) in [5.74, 6) is -0.485. The maximum absolute atomic E-state index is 15.0. The third kappa shape index (κ3) is 4.40. The van der Waals surface area contributed by atoms with Crippen LogP contribution in [0, 0.1) is 13.1 Å². The topological polar surface area (TPSA) is 40.0 Å². The third-order valence-corrected chi connectivity index (χ3v) is 5.42. The molecule has 0 bridgehead atoms. The summed E-state index contributed by atoms with van der Waals surface area (Å²) in [6.07, 6.45) is -0.485. The van der Waals surface area contributed by atoms with Crippen LogP contribution in [0.4, 0.5) is 15.8 Å². The number of halogens is 1. The number of hydrogen-bond donors (Lipinski definition) is 0. The van der Waals surface area contributed by atoms with Gasteiger partial charge in [0.05, 0.1) is 19.8 Å². The van der Waals surface area contributed by atoms with Crippen molar-refractivity contribution >= 4 is 17.3 Å². The van der Waals surface area contributed by atoms with E-state index in [4.69, 9.17) is 17.9 Å². The first kappa shape index (κ1) is 22.8. The first-order valence-electron chi connectivity index (χ1n) is 10.4. The van der Waals surface area contributed by atoms with Gasteiger partial charge >= 0.3 is 5.97 Å². The van der Waals surface area contributed by atoms with Gasteiger partial charge in [0.2, 0.25) is 5.69 Å². The van der Waals surface area contributed by atoms with Crippen molar-refractivity contribution in [2.45, 2.75) is 32.9 Å². The van der Waals surface area contributed by atoms with Crippen molar-refractivity contribution in [3.8, 4) is 11.1 Å². The minimum Gasteiger partial charge on any atom is -0.461 e. The van der Waals surface area contributed by atoms with Gasteiger partial charge in [-0.05, 0) is 24.5 Å². The Morgan fingerprint density at radius 3 is 2.44 bits per heavy atom. The highest BCUT2D eigenvalue weighted by Gasteiger charge is 2.27. The van der Waals surface area contributed by atoms with Gasteiger partial charge in [-0.2, -0.15) is 0 Å². The van der Waals surface area contributed by atoms with Crippen molar-refractivity contribution in [3.05, 3.63) is 93.9 Å². The Morgan fingerprint density at radius 2 is 1.84 bits per heavy atom. The number of ether oxygens (including phenoxy) is 1. The fraction of sp³-hybridized carbons (Fsp3) is 0.269. The average molecular weight is 429 g/mol. The van der Waals surface area contributed by atoms with Crippen molar-refractivity contribution in [1.29, 1.82) is 0 Å². The summed E-state index contributed by atoms with van der Waals surface area (Å²) in [5, 5.41) is 0. The van der Waals surface area contributed by atoms with Crippen LogP contribution in [0.1, 0.15) is 47.3 Å². The number of carbonyl (C=O) groups excluding carboxylic acids is 1. The number of hydrogen-bond acceptors (Lipinski definition) is 2. The van der Waals surface area contributed by atoms with Crippen LogP contribution in [0.3, 0.4) is 0 Å². The van der Waals surface area contributed by atoms with Gasteiger partial charge in [-0.1, -0.05) is 61.0 Å². The molecule has 0 saturated heterocycles. The summed E-state index contributed by atoms with van der Waals surface area (Å²) in [6.45, 7) is 18.7. The van der Waals surface area contributed by atoms with Gasteiger partial charge in [0, 0.05) is 24.7 Å². The van der Waals surface area contributed by atoms with Gasteiger partial charge in [-0.25, -0.2) is 18.9 Å². The van der Waals surface area contributed by atoms with Crippen molar-refractivity contribution < 1.29 is 13.9 Å². The van der Waals surface area contributed by atoms with Crippen molar-refractivity contribution in [2.24, 2.45) is 7.05 Å². The van der Waals surface area contributed by atoms with E-state index in [1.807, 2.05) is 6.92 Å². The minimum atomic E-state index is -1.24. The number of aromatic nitrogens is 1. The molecule has 0 radical (unpaired) electrons. The van der Waals surface area contributed by atoms with Crippen molar-refractivity contribution in [3.63, 3.8) is 0 Å². The molecule has 0 amide bonds. The second-order valence-corrected chi connectivity index (χ2v) is 7.34. The second-order valence-electron chi connectivity index (χ2n) is 7.34. The van der Waals surface area contributed by atoms with Crippen LogP contribution in [0.25, 0.3) is 20.8 Å². The molecular formula is C26H24FN3O2. The highest BCUT2D eigenvalue weighted by Crippen LogP contribution is 2.40. The zero-order valence-corrected chi connectivity index (χ0v) is 18.4. The summed E-state index contributed by atoms with van der Waals surface area (Å²) in [4.78, 5) is 19.7. The Kier molecular flexibility index (Phi) is 7.07. The summed E-state index contributed by atoms with van der Waals surface area (Å²) >= 11 is 0. The van der Waals surface area contributed by atoms with Gasteiger partial charge in [0.1, 0.15) is 11.9 Å². The molecule has 162 valence electrons. The summed E-state index contributed by atoms with van der Waals surface area (Å²) in [6, 6.07) is 13.8. The lowest BCUT2D eigenvalue weighted by Crippen LogP contribution is -2.12. The third-order valence-electron chi connectivity index (χ3n) is 5.42. The molecular weight excluding hydrogens is 405 g/mol. The molecule has 3 rings (SSSR count). The van der Waals surface area contributed by atoms with Crippen molar-refractivity contribution in [1.82, 2.24) is 4.57 Å². The Labute approximate surface area is 187 Å². The van der Waals surface area contributed by atoms with E-state index in [1.165, 1.54) is 0 Å². The van der Waals surface area contributed by atoms with Crippen molar-refractivity contribution in [2.75, 3.05) is 6.61 Å². The van der Waals surface area contributed by atoms with E-state index >= 15 is 0 Å². The molecule has 1 aromatic heterocycles. The highest BCUT2D eigenvalue weighted by atomic mass is 19.1. The lowest BCUT2D eigenvalue weighted by Gasteiger charge is -2.12. The predicted molar refractivity (Wildman–Crippen MR) is 123 cm³/mol. The normalized spacial score (nSPS) is 11.4. The molecule has 0 aliphatic rings. The van der Waals surface area contributed by atoms with Gasteiger partial charge in [0.15, 0.2) is 5.69 Å². The molecule has 0 spiro atoms. The molecule has 1 unspecified atom stereocenters. The van der Waals surface area contributed by atoms with Crippen LogP contribution in [0.2, 0.25) is 0 Å². The Hall–Kier alpha value is -3.90. The van der Waals surface area contributed by atoms with Gasteiger partial charge in [-0.15, -0.1) is 0 Å². The van der Waals surface area contributed by atoms with Crippen LogP contribution >= 0.6 is 0 Å². The summed E-state index contributed by atoms with van der Waals surface area (Å²) < 4.78 is 21.9. The van der Waals surface area contributed by atoms with Crippen LogP contribution in [0.15, 0.2) is 48.5 Å². The summed E-state index contributed by atoms with van der Waals surface area (Å²) in [5.41, 5.74) is 4.42. The number of rotatable bonds is 7. The molecule has 6 heteroatoms. The molecule has 0 fully saturated rings. The number of carbonyl (C=O) groups is 1. The fourth-order valence-electron chi connectivity index (χ4n) is 3.89. The zero-order chi connectivity index (χ0) is 23.3. The highest BCUT2D eigenvalue weighted by molar-refractivity contribution is 6.01. The van der Waals surface area contributed by atoms with Crippen LogP contribution in [-0.4, -0.2) is 17.1 Å². The largest absolute Gasteiger partial charge is 0.461 e. The Bertz CT molecular complexity index is 1210. The molecule has 2 aromatic carbocycles. The van der Waals surface area contributed by atoms with Gasteiger partial charge < -0.3 is 9.30 Å². The standard InChI is InChI=1S/C26H24FN3O2/c1-6-22-24(29-4)23(25(30(22)5)26(31)32-7-2)19-13-11-18(12-14-19)21(27)16-17-9-8-10-20(15-17)28-3/h8-15,21H,6-7,16H2,1-2,5H3. The van der Waals surface area contributed by atoms with E-state index in [9.17, 15) is 9.18 Å². The monoisotopic (exact) mass is 429 g/mol. The first-order valence-corrected chi connectivity index (χ1v) is 10.4. The lowest BCUT2D eigenvalue weighted by molar-refractivity contribution is 0.0516. The van der Waals surface area contributed by atoms with E-state index in [0.717, 1.165) is 11.3 Å². The molecule has 1 heterocycles. The van der Waals surface area contributed by atoms with E-state index in [0.29, 0.717) is 40.2 Å². The minimum absolute atomic E-state index is 0.162. The predicted octanol–water partition coefficient (Wildman–Crippen LogP) is 6.79. The van der Waals surface area contributed by atoms with Crippen LogP contribution in [0.5, 0.6) is 0 Å². The average Bonchev–Trinajstić information content (AvgIpc) is 3.10. The number of esters is 1. The molecule has 0 N–H and O–H groups in total. The number of benzene rings is 2. The molecule has 0 aliphatic carbocycles. The lowest BCUT2D eigenvalue weighted by atomic mass is 9.98. The molecule has 32 heavy (non-hydrogen) atoms. The Balaban J connectivity index is 1.97. The van der Waals surface area contributed by atoms with E-state index in [1.54, 1.807) is 67.1 Å². The zero-order valence-electron chi connectivity index (χ0n) is 18.4. The maximum atomic E-state index is 15.0. The molecule has 5 nitrogen and oxygen atoms in total. The molecule has 0 aliphatic heterocycles. The molecule has 0 saturated carbocycles. The van der Waals surface area contributed by atoms with Crippen LogP contribution in [-0.2, 0) is 24.6 Å². The molecule has 1 atom stereocenters. The smallest absolute Gasteiger partial charge is 0.354 e. The van der Waals surface area contributed by atoms with Gasteiger partial charge in [-0.3, -0.25) is 0 Å². The van der Waals surface area contributed by atoms with Crippen LogP contribution < -0.4 is 0 Å². The number of nitrogens with zero attached hydrogens (tertiary/aromatic N) is 3. The molecule has 3 aromatic rings. The fourth-order valence-corrected chi connectivity index (χ4v) is 3.89. The maximum Gasteiger partial charge on any atom is 0.354 e. The first-order chi connectivity index (χ1) is 15.4.